The van der Waals surface area contributed by atoms with Crippen molar-refractivity contribution in [2.45, 2.75) is 17.7 Å². The molecule has 1 amide bonds. The summed E-state index contributed by atoms with van der Waals surface area (Å²) in [6, 6.07) is 7.22. The zero-order chi connectivity index (χ0) is 16.6. The minimum atomic E-state index is -2.96. The molecule has 0 radical (unpaired) electrons. The van der Waals surface area contributed by atoms with Gasteiger partial charge in [-0.15, -0.1) is 0 Å². The molecule has 0 bridgehead atoms. The van der Waals surface area contributed by atoms with Crippen LogP contribution in [0.2, 0.25) is 0 Å². The standard InChI is InChI=1S/C15H18N2O4S2/c1-17-12-8-23(19,20)9-13(12)22-15(17)16-14(18)7-10-3-5-11(21-2)6-4-10/h3-6,12-13H,7-9H2,1-2H3/t12-,13+/m0/s1. The molecule has 2 saturated heterocycles. The van der Waals surface area contributed by atoms with Crippen LogP contribution in [0.5, 0.6) is 5.75 Å². The molecule has 0 N–H and O–H groups in total. The van der Waals surface area contributed by atoms with E-state index in [2.05, 4.69) is 4.99 Å². The van der Waals surface area contributed by atoms with Gasteiger partial charge in [0.15, 0.2) is 15.0 Å². The molecule has 1 aromatic rings. The number of aliphatic imine (C=N–C) groups is 1. The highest BCUT2D eigenvalue weighted by atomic mass is 32.2. The monoisotopic (exact) mass is 354 g/mol. The van der Waals surface area contributed by atoms with Crippen molar-refractivity contribution in [1.82, 2.24) is 4.90 Å². The first kappa shape index (κ1) is 16.3. The van der Waals surface area contributed by atoms with Gasteiger partial charge in [0.1, 0.15) is 5.75 Å². The van der Waals surface area contributed by atoms with E-state index in [1.54, 1.807) is 26.3 Å². The summed E-state index contributed by atoms with van der Waals surface area (Å²) in [4.78, 5) is 18.1. The average molecular weight is 354 g/mol. The SMILES string of the molecule is COc1ccc(CC(=O)N=C2S[C@@H]3CS(=O)(=O)C[C@@H]3N2C)cc1. The number of nitrogens with zero attached hydrogens (tertiary/aromatic N) is 2. The predicted octanol–water partition coefficient (Wildman–Crippen LogP) is 0.964. The molecule has 23 heavy (non-hydrogen) atoms. The Morgan fingerprint density at radius 3 is 2.65 bits per heavy atom. The van der Waals surface area contributed by atoms with E-state index in [1.165, 1.54) is 11.8 Å². The Kier molecular flexibility index (Phi) is 4.37. The first-order chi connectivity index (χ1) is 10.9. The zero-order valence-corrected chi connectivity index (χ0v) is 14.6. The number of fused-ring (bicyclic) bond motifs is 1. The van der Waals surface area contributed by atoms with Crippen molar-refractivity contribution in [3.8, 4) is 5.75 Å². The van der Waals surface area contributed by atoms with Crippen LogP contribution < -0.4 is 4.74 Å². The summed E-state index contributed by atoms with van der Waals surface area (Å²) in [5.41, 5.74) is 0.869. The predicted molar refractivity (Wildman–Crippen MR) is 90.7 cm³/mol. The molecule has 2 aliphatic heterocycles. The van der Waals surface area contributed by atoms with Crippen molar-refractivity contribution in [2.75, 3.05) is 25.7 Å². The van der Waals surface area contributed by atoms with Gasteiger partial charge in [0.25, 0.3) is 5.91 Å². The number of hydrogen-bond acceptors (Lipinski definition) is 5. The molecule has 1 aromatic carbocycles. The van der Waals surface area contributed by atoms with Crippen molar-refractivity contribution in [2.24, 2.45) is 4.99 Å². The Balaban J connectivity index is 1.66. The quantitative estimate of drug-likeness (QED) is 0.805. The van der Waals surface area contributed by atoms with Crippen molar-refractivity contribution < 1.29 is 17.9 Å². The number of carbonyl (C=O) groups is 1. The number of amides is 1. The topological polar surface area (TPSA) is 76.0 Å². The van der Waals surface area contributed by atoms with Crippen LogP contribution >= 0.6 is 11.8 Å². The van der Waals surface area contributed by atoms with Crippen LogP contribution in [0.1, 0.15) is 5.56 Å². The molecule has 0 unspecified atom stereocenters. The third kappa shape index (κ3) is 3.53. The fourth-order valence-corrected chi connectivity index (χ4v) is 6.81. The summed E-state index contributed by atoms with van der Waals surface area (Å²) >= 11 is 1.39. The Morgan fingerprint density at radius 2 is 2.04 bits per heavy atom. The number of benzene rings is 1. The molecule has 6 nitrogen and oxygen atoms in total. The van der Waals surface area contributed by atoms with E-state index in [1.807, 2.05) is 17.0 Å². The minimum absolute atomic E-state index is 0.0162. The maximum atomic E-state index is 12.1. The summed E-state index contributed by atoms with van der Waals surface area (Å²) in [5, 5.41) is 0.603. The Morgan fingerprint density at radius 1 is 1.35 bits per heavy atom. The van der Waals surface area contributed by atoms with Gasteiger partial charge in [0, 0.05) is 12.3 Å². The van der Waals surface area contributed by atoms with Crippen molar-refractivity contribution in [1.29, 1.82) is 0 Å². The third-order valence-electron chi connectivity index (χ3n) is 4.06. The molecule has 0 aromatic heterocycles. The lowest BCUT2D eigenvalue weighted by Crippen LogP contribution is -2.34. The second kappa shape index (κ2) is 6.16. The number of sulfone groups is 1. The van der Waals surface area contributed by atoms with Crippen molar-refractivity contribution >= 4 is 32.7 Å². The highest BCUT2D eigenvalue weighted by Gasteiger charge is 2.47. The Hall–Kier alpha value is -1.54. The number of hydrogen-bond donors (Lipinski definition) is 0. The van der Waals surface area contributed by atoms with Crippen LogP contribution in [0.3, 0.4) is 0 Å². The van der Waals surface area contributed by atoms with E-state index in [9.17, 15) is 13.2 Å². The van der Waals surface area contributed by atoms with Gasteiger partial charge in [-0.25, -0.2) is 8.42 Å². The largest absolute Gasteiger partial charge is 0.497 e. The molecule has 0 aliphatic carbocycles. The number of ether oxygens (including phenoxy) is 1. The Labute approximate surface area is 139 Å². The van der Waals surface area contributed by atoms with Crippen LogP contribution in [0, 0.1) is 0 Å². The lowest BCUT2D eigenvalue weighted by atomic mass is 10.1. The van der Waals surface area contributed by atoms with E-state index in [-0.39, 0.29) is 35.1 Å². The molecule has 124 valence electrons. The maximum absolute atomic E-state index is 12.1. The number of carbonyl (C=O) groups excluding carboxylic acids is 1. The van der Waals surface area contributed by atoms with Crippen LogP contribution in [0.25, 0.3) is 0 Å². The summed E-state index contributed by atoms with van der Waals surface area (Å²) in [6.07, 6.45) is 0.218. The number of thioether (sulfide) groups is 1. The van der Waals surface area contributed by atoms with Gasteiger partial charge in [-0.05, 0) is 17.7 Å². The van der Waals surface area contributed by atoms with Gasteiger partial charge < -0.3 is 9.64 Å². The summed E-state index contributed by atoms with van der Waals surface area (Å²) in [5.74, 6) is 0.825. The summed E-state index contributed by atoms with van der Waals surface area (Å²) in [7, 11) is 0.437. The minimum Gasteiger partial charge on any atom is -0.497 e. The lowest BCUT2D eigenvalue weighted by Gasteiger charge is -2.17. The molecule has 0 spiro atoms. The second-order valence-electron chi connectivity index (χ2n) is 5.72. The van der Waals surface area contributed by atoms with E-state index in [0.29, 0.717) is 5.17 Å². The molecule has 0 saturated carbocycles. The second-order valence-corrected chi connectivity index (χ2v) is 9.08. The Bertz CT molecular complexity index is 743. The van der Waals surface area contributed by atoms with E-state index in [4.69, 9.17) is 4.74 Å². The summed E-state index contributed by atoms with van der Waals surface area (Å²) in [6.45, 7) is 0. The molecular weight excluding hydrogens is 336 g/mol. The van der Waals surface area contributed by atoms with Crippen molar-refractivity contribution in [3.63, 3.8) is 0 Å². The normalized spacial score (nSPS) is 27.2. The van der Waals surface area contributed by atoms with Gasteiger partial charge in [-0.2, -0.15) is 4.99 Å². The fourth-order valence-electron chi connectivity index (χ4n) is 2.80. The van der Waals surface area contributed by atoms with Gasteiger partial charge >= 0.3 is 0 Å². The average Bonchev–Trinajstić information content (AvgIpc) is 2.94. The molecule has 2 heterocycles. The first-order valence-corrected chi connectivity index (χ1v) is 9.92. The van der Waals surface area contributed by atoms with Gasteiger partial charge in [0.05, 0.1) is 31.1 Å². The van der Waals surface area contributed by atoms with Crippen LogP contribution in [-0.4, -0.2) is 61.3 Å². The molecule has 2 aliphatic rings. The number of amidine groups is 1. The highest BCUT2D eigenvalue weighted by molar-refractivity contribution is 8.15. The zero-order valence-electron chi connectivity index (χ0n) is 12.9. The molecule has 2 atom stereocenters. The van der Waals surface area contributed by atoms with E-state index < -0.39 is 9.84 Å². The molecular formula is C15H18N2O4S2. The summed E-state index contributed by atoms with van der Waals surface area (Å²) < 4.78 is 28.4. The molecule has 3 rings (SSSR count). The first-order valence-electron chi connectivity index (χ1n) is 7.22. The smallest absolute Gasteiger partial charge is 0.252 e. The van der Waals surface area contributed by atoms with Gasteiger partial charge in [-0.1, -0.05) is 23.9 Å². The number of methoxy groups -OCH3 is 1. The van der Waals surface area contributed by atoms with Crippen molar-refractivity contribution in [3.05, 3.63) is 29.8 Å². The van der Waals surface area contributed by atoms with Crippen LogP contribution in [0.15, 0.2) is 29.3 Å². The lowest BCUT2D eigenvalue weighted by molar-refractivity contribution is -0.117. The fraction of sp³-hybridized carbons (Fsp3) is 0.467. The highest BCUT2D eigenvalue weighted by Crippen LogP contribution is 2.36. The van der Waals surface area contributed by atoms with Gasteiger partial charge in [0.2, 0.25) is 0 Å². The number of rotatable bonds is 3. The molecule has 8 heteroatoms. The maximum Gasteiger partial charge on any atom is 0.252 e. The molecule has 2 fully saturated rings. The van der Waals surface area contributed by atoms with Gasteiger partial charge in [-0.3, -0.25) is 4.79 Å². The van der Waals surface area contributed by atoms with E-state index in [0.717, 1.165) is 11.3 Å². The van der Waals surface area contributed by atoms with Crippen LogP contribution in [0.4, 0.5) is 0 Å². The van der Waals surface area contributed by atoms with E-state index >= 15 is 0 Å². The third-order valence-corrected chi connectivity index (χ3v) is 7.36. The van der Waals surface area contributed by atoms with Crippen LogP contribution in [-0.2, 0) is 21.1 Å².